The molecule has 0 radical (unpaired) electrons. The lowest BCUT2D eigenvalue weighted by Crippen LogP contribution is -2.43. The first kappa shape index (κ1) is 16.2. The van der Waals surface area contributed by atoms with Crippen LogP contribution in [0.3, 0.4) is 0 Å². The Morgan fingerprint density at radius 3 is 3.09 bits per heavy atom. The molecule has 6 heteroatoms. The highest BCUT2D eigenvalue weighted by molar-refractivity contribution is 5.76. The monoisotopic (exact) mass is 319 g/mol. The van der Waals surface area contributed by atoms with E-state index in [0.29, 0.717) is 32.8 Å². The van der Waals surface area contributed by atoms with E-state index in [1.54, 1.807) is 7.11 Å². The highest BCUT2D eigenvalue weighted by atomic mass is 16.5. The predicted octanol–water partition coefficient (Wildman–Crippen LogP) is 1.17. The molecule has 0 unspecified atom stereocenters. The lowest BCUT2D eigenvalue weighted by Gasteiger charge is -2.32. The van der Waals surface area contributed by atoms with Crippen LogP contribution in [-0.4, -0.2) is 68.9 Å². The van der Waals surface area contributed by atoms with Gasteiger partial charge in [0, 0.05) is 44.9 Å². The zero-order valence-corrected chi connectivity index (χ0v) is 13.7. The molecule has 0 saturated carbocycles. The second-order valence-corrected chi connectivity index (χ2v) is 6.47. The van der Waals surface area contributed by atoms with Crippen molar-refractivity contribution in [2.24, 2.45) is 5.41 Å². The lowest BCUT2D eigenvalue weighted by atomic mass is 9.87. The number of amides is 1. The number of methoxy groups -OCH3 is 1. The van der Waals surface area contributed by atoms with Crippen LogP contribution >= 0.6 is 0 Å². The maximum Gasteiger partial charge on any atom is 0.224 e. The molecule has 2 fully saturated rings. The van der Waals surface area contributed by atoms with Gasteiger partial charge in [0.05, 0.1) is 26.2 Å². The fraction of sp³-hybridized carbons (Fsp3) is 0.647. The molecule has 3 rings (SSSR count). The molecule has 1 atom stereocenters. The molecule has 1 aromatic rings. The average Bonchev–Trinajstić information content (AvgIpc) is 2.88. The van der Waals surface area contributed by atoms with E-state index in [1.165, 1.54) is 0 Å². The maximum absolute atomic E-state index is 12.4. The number of ether oxygens (including phenoxy) is 2. The van der Waals surface area contributed by atoms with Crippen LogP contribution in [0.4, 0.5) is 5.82 Å². The number of pyridine rings is 1. The molecule has 23 heavy (non-hydrogen) atoms. The Labute approximate surface area is 137 Å². The van der Waals surface area contributed by atoms with Gasteiger partial charge in [-0.2, -0.15) is 0 Å². The maximum atomic E-state index is 12.4. The largest absolute Gasteiger partial charge is 0.384 e. The summed E-state index contributed by atoms with van der Waals surface area (Å²) in [4.78, 5) is 21.1. The second-order valence-electron chi connectivity index (χ2n) is 6.47. The van der Waals surface area contributed by atoms with Crippen molar-refractivity contribution in [3.05, 3.63) is 24.4 Å². The second kappa shape index (κ2) is 7.27. The topological polar surface area (TPSA) is 54.9 Å². The molecule has 1 spiro atoms. The first-order valence-corrected chi connectivity index (χ1v) is 8.23. The van der Waals surface area contributed by atoms with Crippen LogP contribution in [0.25, 0.3) is 0 Å². The van der Waals surface area contributed by atoms with Crippen molar-refractivity contribution >= 4 is 11.7 Å². The molecule has 2 aliphatic rings. The van der Waals surface area contributed by atoms with Gasteiger partial charge in [-0.25, -0.2) is 4.98 Å². The predicted molar refractivity (Wildman–Crippen MR) is 87.4 cm³/mol. The lowest BCUT2D eigenvalue weighted by molar-refractivity contribution is -0.133. The first-order chi connectivity index (χ1) is 11.2. The number of carbonyl (C=O) groups excluding carboxylic acids is 1. The van der Waals surface area contributed by atoms with Crippen LogP contribution in [0.2, 0.25) is 0 Å². The molecule has 0 aromatic carbocycles. The normalized spacial score (nSPS) is 24.9. The summed E-state index contributed by atoms with van der Waals surface area (Å²) in [6.45, 7) is 5.09. The Morgan fingerprint density at radius 2 is 2.30 bits per heavy atom. The molecule has 1 amide bonds. The highest BCUT2D eigenvalue weighted by Crippen LogP contribution is 2.35. The van der Waals surface area contributed by atoms with Crippen LogP contribution in [-0.2, 0) is 14.3 Å². The van der Waals surface area contributed by atoms with Crippen LogP contribution in [0.1, 0.15) is 12.8 Å². The molecule has 0 N–H and O–H groups in total. The number of rotatable bonds is 4. The fourth-order valence-electron chi connectivity index (χ4n) is 3.47. The van der Waals surface area contributed by atoms with Gasteiger partial charge in [-0.3, -0.25) is 4.79 Å². The third-order valence-corrected chi connectivity index (χ3v) is 4.72. The smallest absolute Gasteiger partial charge is 0.224 e. The third kappa shape index (κ3) is 3.82. The minimum atomic E-state index is 0.0107. The quantitative estimate of drug-likeness (QED) is 0.834. The number of anilines is 1. The van der Waals surface area contributed by atoms with Gasteiger partial charge in [0.15, 0.2) is 0 Å². The number of aromatic nitrogens is 1. The molecule has 0 aliphatic carbocycles. The van der Waals surface area contributed by atoms with E-state index >= 15 is 0 Å². The molecule has 2 saturated heterocycles. The Kier molecular flexibility index (Phi) is 5.13. The van der Waals surface area contributed by atoms with Crippen LogP contribution in [0, 0.1) is 5.41 Å². The molecule has 2 aliphatic heterocycles. The molecular weight excluding hydrogens is 294 g/mol. The van der Waals surface area contributed by atoms with Gasteiger partial charge in [0.2, 0.25) is 5.91 Å². The third-order valence-electron chi connectivity index (χ3n) is 4.72. The van der Waals surface area contributed by atoms with E-state index in [-0.39, 0.29) is 11.3 Å². The molecular formula is C17H25N3O3. The van der Waals surface area contributed by atoms with Gasteiger partial charge in [0.1, 0.15) is 5.82 Å². The van der Waals surface area contributed by atoms with Crippen molar-refractivity contribution in [1.29, 1.82) is 0 Å². The van der Waals surface area contributed by atoms with E-state index in [0.717, 1.165) is 31.9 Å². The minimum Gasteiger partial charge on any atom is -0.384 e. The zero-order valence-electron chi connectivity index (χ0n) is 13.7. The van der Waals surface area contributed by atoms with Crippen molar-refractivity contribution in [1.82, 2.24) is 9.88 Å². The van der Waals surface area contributed by atoms with Gasteiger partial charge in [-0.15, -0.1) is 0 Å². The average molecular weight is 319 g/mol. The van der Waals surface area contributed by atoms with Crippen molar-refractivity contribution in [2.45, 2.75) is 12.8 Å². The minimum absolute atomic E-state index is 0.0107. The first-order valence-electron chi connectivity index (χ1n) is 8.23. The summed E-state index contributed by atoms with van der Waals surface area (Å²) in [5.74, 6) is 1.17. The van der Waals surface area contributed by atoms with E-state index in [1.807, 2.05) is 29.3 Å². The summed E-state index contributed by atoms with van der Waals surface area (Å²) < 4.78 is 10.9. The van der Waals surface area contributed by atoms with Gasteiger partial charge >= 0.3 is 0 Å². The van der Waals surface area contributed by atoms with Crippen LogP contribution < -0.4 is 4.90 Å². The molecule has 0 bridgehead atoms. The zero-order chi connectivity index (χ0) is 16.1. The van der Waals surface area contributed by atoms with Crippen molar-refractivity contribution in [3.63, 3.8) is 0 Å². The van der Waals surface area contributed by atoms with Crippen molar-refractivity contribution in [3.8, 4) is 0 Å². The van der Waals surface area contributed by atoms with Gasteiger partial charge < -0.3 is 19.3 Å². The summed E-state index contributed by atoms with van der Waals surface area (Å²) in [5.41, 5.74) is 0.0107. The number of hydrogen-bond donors (Lipinski definition) is 0. The van der Waals surface area contributed by atoms with Crippen molar-refractivity contribution in [2.75, 3.05) is 58.0 Å². The Balaban J connectivity index is 1.67. The summed E-state index contributed by atoms with van der Waals surface area (Å²) in [6.07, 6.45) is 3.29. The molecule has 126 valence electrons. The standard InChI is InChI=1S/C17H25N3O3/c1-22-10-5-16(21)20-9-11-23-14-17(13-20)6-8-19(12-17)15-4-2-3-7-18-15/h2-4,7H,5-6,8-14H2,1H3/t17-/m1/s1. The number of carbonyl (C=O) groups is 1. The van der Waals surface area contributed by atoms with Crippen LogP contribution in [0.5, 0.6) is 0 Å². The van der Waals surface area contributed by atoms with Gasteiger partial charge in [-0.1, -0.05) is 6.07 Å². The van der Waals surface area contributed by atoms with E-state index < -0.39 is 0 Å². The fourth-order valence-corrected chi connectivity index (χ4v) is 3.47. The Hall–Kier alpha value is -1.66. The SMILES string of the molecule is COCCC(=O)N1CCOC[C@@]2(CCN(c3ccccn3)C2)C1. The summed E-state index contributed by atoms with van der Waals surface area (Å²) >= 11 is 0. The van der Waals surface area contributed by atoms with E-state index in [9.17, 15) is 4.79 Å². The number of hydrogen-bond acceptors (Lipinski definition) is 5. The molecule has 1 aromatic heterocycles. The highest BCUT2D eigenvalue weighted by Gasteiger charge is 2.42. The van der Waals surface area contributed by atoms with Crippen LogP contribution in [0.15, 0.2) is 24.4 Å². The summed E-state index contributed by atoms with van der Waals surface area (Å²) in [7, 11) is 1.63. The van der Waals surface area contributed by atoms with Crippen molar-refractivity contribution < 1.29 is 14.3 Å². The Morgan fingerprint density at radius 1 is 1.39 bits per heavy atom. The van der Waals surface area contributed by atoms with E-state index in [2.05, 4.69) is 9.88 Å². The summed E-state index contributed by atoms with van der Waals surface area (Å²) in [5, 5.41) is 0. The molecule has 6 nitrogen and oxygen atoms in total. The van der Waals surface area contributed by atoms with Gasteiger partial charge in [0.25, 0.3) is 0 Å². The Bertz CT molecular complexity index is 525. The molecule has 3 heterocycles. The summed E-state index contributed by atoms with van der Waals surface area (Å²) in [6, 6.07) is 5.98. The van der Waals surface area contributed by atoms with Gasteiger partial charge in [-0.05, 0) is 18.6 Å². The number of nitrogens with zero attached hydrogens (tertiary/aromatic N) is 3. The van der Waals surface area contributed by atoms with E-state index in [4.69, 9.17) is 9.47 Å².